The van der Waals surface area contributed by atoms with Crippen LogP contribution in [0.3, 0.4) is 0 Å². The summed E-state index contributed by atoms with van der Waals surface area (Å²) in [5, 5.41) is 6.45. The van der Waals surface area contributed by atoms with Gasteiger partial charge in [0.1, 0.15) is 5.82 Å². The number of carbonyl (C=O) groups excluding carboxylic acids is 1. The van der Waals surface area contributed by atoms with Crippen LogP contribution in [-0.2, 0) is 0 Å². The van der Waals surface area contributed by atoms with E-state index in [1.54, 1.807) is 12.3 Å². The van der Waals surface area contributed by atoms with Gasteiger partial charge in [-0.05, 0) is 68.0 Å². The molecule has 2 aromatic rings. The number of anilines is 3. The Hall–Kier alpha value is -2.56. The van der Waals surface area contributed by atoms with E-state index in [9.17, 15) is 4.79 Å². The molecular weight excluding hydrogens is 348 g/mol. The van der Waals surface area contributed by atoms with Crippen molar-refractivity contribution in [3.63, 3.8) is 0 Å². The zero-order valence-corrected chi connectivity index (χ0v) is 16.7. The third-order valence-electron chi connectivity index (χ3n) is 6.00. The van der Waals surface area contributed by atoms with Crippen LogP contribution in [0, 0.1) is 5.92 Å². The molecule has 0 spiro atoms. The van der Waals surface area contributed by atoms with Crippen molar-refractivity contribution in [3.8, 4) is 0 Å². The number of piperidine rings is 1. The standard InChI is InChI=1S/C23H30N4O/c1-17-11-14-27(15-12-17)21-8-6-20(7-9-21)26-23(28)18-10-13-24-22(16-18)25-19-4-2-3-5-19/h6-10,13,16-17,19H,2-5,11-12,14-15H2,1H3,(H,24,25)(H,26,28). The molecule has 28 heavy (non-hydrogen) atoms. The lowest BCUT2D eigenvalue weighted by Gasteiger charge is -2.32. The van der Waals surface area contributed by atoms with E-state index in [4.69, 9.17) is 0 Å². The highest BCUT2D eigenvalue weighted by Gasteiger charge is 2.17. The molecule has 5 nitrogen and oxygen atoms in total. The van der Waals surface area contributed by atoms with Gasteiger partial charge in [-0.1, -0.05) is 19.8 Å². The van der Waals surface area contributed by atoms with Gasteiger partial charge in [0, 0.05) is 42.3 Å². The van der Waals surface area contributed by atoms with Gasteiger partial charge in [-0.25, -0.2) is 4.98 Å². The van der Waals surface area contributed by atoms with Crippen molar-refractivity contribution in [3.05, 3.63) is 48.2 Å². The third-order valence-corrected chi connectivity index (χ3v) is 6.00. The summed E-state index contributed by atoms with van der Waals surface area (Å²) in [6.45, 7) is 4.55. The van der Waals surface area contributed by atoms with Gasteiger partial charge < -0.3 is 15.5 Å². The van der Waals surface area contributed by atoms with Crippen molar-refractivity contribution >= 4 is 23.1 Å². The van der Waals surface area contributed by atoms with Gasteiger partial charge in [-0.3, -0.25) is 4.79 Å². The second-order valence-electron chi connectivity index (χ2n) is 8.23. The van der Waals surface area contributed by atoms with Gasteiger partial charge in [-0.15, -0.1) is 0 Å². The molecule has 5 heteroatoms. The molecule has 2 N–H and O–H groups in total. The summed E-state index contributed by atoms with van der Waals surface area (Å²) < 4.78 is 0. The Kier molecular flexibility index (Phi) is 5.79. The van der Waals surface area contributed by atoms with E-state index in [1.807, 2.05) is 18.2 Å². The Labute approximate surface area is 167 Å². The number of nitrogens with one attached hydrogen (secondary N) is 2. The normalized spacial score (nSPS) is 18.2. The predicted molar refractivity (Wildman–Crippen MR) is 115 cm³/mol. The van der Waals surface area contributed by atoms with E-state index < -0.39 is 0 Å². The maximum atomic E-state index is 12.6. The SMILES string of the molecule is CC1CCN(c2ccc(NC(=O)c3ccnc(NC4CCCC4)c3)cc2)CC1. The van der Waals surface area contributed by atoms with Crippen LogP contribution in [0.4, 0.5) is 17.2 Å². The molecule has 1 aromatic heterocycles. The fourth-order valence-corrected chi connectivity index (χ4v) is 4.16. The highest BCUT2D eigenvalue weighted by Crippen LogP contribution is 2.25. The van der Waals surface area contributed by atoms with Crippen molar-refractivity contribution < 1.29 is 4.79 Å². The van der Waals surface area contributed by atoms with Gasteiger partial charge in [0.2, 0.25) is 0 Å². The molecule has 1 aliphatic carbocycles. The summed E-state index contributed by atoms with van der Waals surface area (Å²) >= 11 is 0. The van der Waals surface area contributed by atoms with Crippen molar-refractivity contribution in [1.29, 1.82) is 0 Å². The van der Waals surface area contributed by atoms with E-state index in [1.165, 1.54) is 44.2 Å². The first-order valence-corrected chi connectivity index (χ1v) is 10.6. The van der Waals surface area contributed by atoms with Crippen molar-refractivity contribution in [2.45, 2.75) is 51.5 Å². The molecular formula is C23H30N4O. The maximum Gasteiger partial charge on any atom is 0.255 e. The molecule has 1 amide bonds. The number of nitrogens with zero attached hydrogens (tertiary/aromatic N) is 2. The van der Waals surface area contributed by atoms with Gasteiger partial charge in [0.25, 0.3) is 5.91 Å². The topological polar surface area (TPSA) is 57.3 Å². The zero-order chi connectivity index (χ0) is 19.3. The fourth-order valence-electron chi connectivity index (χ4n) is 4.16. The monoisotopic (exact) mass is 378 g/mol. The quantitative estimate of drug-likeness (QED) is 0.775. The molecule has 4 rings (SSSR count). The van der Waals surface area contributed by atoms with Crippen molar-refractivity contribution in [2.24, 2.45) is 5.92 Å². The number of carbonyl (C=O) groups is 1. The molecule has 1 saturated carbocycles. The van der Waals surface area contributed by atoms with Gasteiger partial charge >= 0.3 is 0 Å². The van der Waals surface area contributed by atoms with Crippen LogP contribution in [0.15, 0.2) is 42.6 Å². The third kappa shape index (κ3) is 4.64. The number of pyridine rings is 1. The first-order valence-electron chi connectivity index (χ1n) is 10.6. The maximum absolute atomic E-state index is 12.6. The fraction of sp³-hybridized carbons (Fsp3) is 0.478. The second kappa shape index (κ2) is 8.63. The van der Waals surface area contributed by atoms with Crippen LogP contribution in [0.2, 0.25) is 0 Å². The average molecular weight is 379 g/mol. The summed E-state index contributed by atoms with van der Waals surface area (Å²) in [5.74, 6) is 1.51. The number of amides is 1. The Morgan fingerprint density at radius 1 is 1.04 bits per heavy atom. The lowest BCUT2D eigenvalue weighted by molar-refractivity contribution is 0.102. The van der Waals surface area contributed by atoms with Crippen molar-refractivity contribution in [2.75, 3.05) is 28.6 Å². The number of benzene rings is 1. The molecule has 148 valence electrons. The minimum absolute atomic E-state index is 0.101. The van der Waals surface area contributed by atoms with Gasteiger partial charge in [-0.2, -0.15) is 0 Å². The molecule has 0 bridgehead atoms. The van der Waals surface area contributed by atoms with Crippen LogP contribution < -0.4 is 15.5 Å². The summed E-state index contributed by atoms with van der Waals surface area (Å²) in [5.41, 5.74) is 2.68. The zero-order valence-electron chi connectivity index (χ0n) is 16.7. The lowest BCUT2D eigenvalue weighted by atomic mass is 9.99. The molecule has 0 unspecified atom stereocenters. The van der Waals surface area contributed by atoms with Gasteiger partial charge in [0.15, 0.2) is 0 Å². The Morgan fingerprint density at radius 2 is 1.75 bits per heavy atom. The average Bonchev–Trinajstić information content (AvgIpc) is 3.22. The summed E-state index contributed by atoms with van der Waals surface area (Å²) in [6, 6.07) is 12.3. The van der Waals surface area contributed by atoms with Gasteiger partial charge in [0.05, 0.1) is 0 Å². The predicted octanol–water partition coefficient (Wildman–Crippen LogP) is 4.92. The van der Waals surface area contributed by atoms with E-state index >= 15 is 0 Å². The van der Waals surface area contributed by atoms with Crippen LogP contribution in [0.1, 0.15) is 55.8 Å². The first kappa shape index (κ1) is 18.8. The van der Waals surface area contributed by atoms with Crippen molar-refractivity contribution in [1.82, 2.24) is 4.98 Å². The molecule has 2 heterocycles. The summed E-state index contributed by atoms with van der Waals surface area (Å²) in [6.07, 6.45) is 9.09. The number of hydrogen-bond acceptors (Lipinski definition) is 4. The molecule has 1 aliphatic heterocycles. The van der Waals surface area contributed by atoms with E-state index in [0.717, 1.165) is 30.5 Å². The van der Waals surface area contributed by atoms with Crippen LogP contribution in [0.25, 0.3) is 0 Å². The Morgan fingerprint density at radius 3 is 2.46 bits per heavy atom. The number of hydrogen-bond donors (Lipinski definition) is 2. The highest BCUT2D eigenvalue weighted by atomic mass is 16.1. The number of rotatable bonds is 5. The molecule has 0 radical (unpaired) electrons. The minimum Gasteiger partial charge on any atom is -0.372 e. The summed E-state index contributed by atoms with van der Waals surface area (Å²) in [4.78, 5) is 19.4. The van der Waals surface area contributed by atoms with Crippen LogP contribution in [-0.4, -0.2) is 30.0 Å². The second-order valence-corrected chi connectivity index (χ2v) is 8.23. The Balaban J connectivity index is 1.36. The number of aromatic nitrogens is 1. The van der Waals surface area contributed by atoms with E-state index in [2.05, 4.69) is 39.6 Å². The smallest absolute Gasteiger partial charge is 0.255 e. The molecule has 2 aliphatic rings. The minimum atomic E-state index is -0.101. The first-order chi connectivity index (χ1) is 13.7. The summed E-state index contributed by atoms with van der Waals surface area (Å²) in [7, 11) is 0. The van der Waals surface area contributed by atoms with E-state index in [0.29, 0.717) is 11.6 Å². The molecule has 1 aromatic carbocycles. The van der Waals surface area contributed by atoms with E-state index in [-0.39, 0.29) is 5.91 Å². The highest BCUT2D eigenvalue weighted by molar-refractivity contribution is 6.04. The molecule has 1 saturated heterocycles. The molecule has 2 fully saturated rings. The Bertz CT molecular complexity index is 791. The van der Waals surface area contributed by atoms with Crippen LogP contribution >= 0.6 is 0 Å². The molecule has 0 atom stereocenters. The van der Waals surface area contributed by atoms with Crippen LogP contribution in [0.5, 0.6) is 0 Å². The lowest BCUT2D eigenvalue weighted by Crippen LogP contribution is -2.32. The largest absolute Gasteiger partial charge is 0.372 e.